The van der Waals surface area contributed by atoms with Crippen LogP contribution in [-0.4, -0.2) is 14.2 Å². The molecular weight excluding hydrogens is 194 g/mol. The normalized spacial score (nSPS) is 10.5. The highest BCUT2D eigenvalue weighted by Gasteiger charge is 2.11. The third kappa shape index (κ3) is 2.85. The van der Waals surface area contributed by atoms with Gasteiger partial charge in [-0.15, -0.1) is 0 Å². The van der Waals surface area contributed by atoms with Crippen molar-refractivity contribution in [2.24, 2.45) is 5.92 Å². The quantitative estimate of drug-likeness (QED) is 0.762. The molecule has 0 unspecified atom stereocenters. The van der Waals surface area contributed by atoms with Crippen LogP contribution in [0.4, 0.5) is 4.39 Å². The van der Waals surface area contributed by atoms with Crippen LogP contribution in [0.3, 0.4) is 0 Å². The zero-order chi connectivity index (χ0) is 11.4. The van der Waals surface area contributed by atoms with Crippen molar-refractivity contribution in [3.05, 3.63) is 23.5 Å². The van der Waals surface area contributed by atoms with Crippen molar-refractivity contribution in [2.45, 2.75) is 20.3 Å². The number of benzene rings is 1. The fourth-order valence-electron chi connectivity index (χ4n) is 1.49. The highest BCUT2D eigenvalue weighted by Crippen LogP contribution is 2.30. The lowest BCUT2D eigenvalue weighted by Gasteiger charge is -2.12. The van der Waals surface area contributed by atoms with Crippen molar-refractivity contribution >= 4 is 0 Å². The molecule has 2 nitrogen and oxygen atoms in total. The summed E-state index contributed by atoms with van der Waals surface area (Å²) in [6.07, 6.45) is 0.701. The minimum absolute atomic E-state index is 0.235. The van der Waals surface area contributed by atoms with E-state index in [0.29, 0.717) is 29.4 Å². The van der Waals surface area contributed by atoms with E-state index in [9.17, 15) is 4.39 Å². The molecule has 0 N–H and O–H groups in total. The molecule has 0 spiro atoms. The largest absolute Gasteiger partial charge is 0.493 e. The lowest BCUT2D eigenvalue weighted by molar-refractivity contribution is 0.351. The highest BCUT2D eigenvalue weighted by molar-refractivity contribution is 5.43. The fourth-order valence-corrected chi connectivity index (χ4v) is 1.49. The van der Waals surface area contributed by atoms with Crippen LogP contribution in [0.25, 0.3) is 0 Å². The van der Waals surface area contributed by atoms with E-state index >= 15 is 0 Å². The standard InChI is InChI=1S/C12H17FO2/c1-8(2)5-9-6-11(14-3)12(15-4)7-10(9)13/h6-8H,5H2,1-4H3/i13-1. The molecule has 0 aromatic heterocycles. The van der Waals surface area contributed by atoms with E-state index in [0.717, 1.165) is 0 Å². The number of hydrogen-bond acceptors (Lipinski definition) is 2. The second-order valence-electron chi connectivity index (χ2n) is 3.90. The maximum atomic E-state index is 13.6. The van der Waals surface area contributed by atoms with Crippen molar-refractivity contribution < 1.29 is 13.9 Å². The van der Waals surface area contributed by atoms with Crippen LogP contribution in [0, 0.1) is 11.7 Å². The molecule has 15 heavy (non-hydrogen) atoms. The third-order valence-electron chi connectivity index (χ3n) is 2.18. The molecule has 84 valence electrons. The Kier molecular flexibility index (Phi) is 3.95. The fraction of sp³-hybridized carbons (Fsp3) is 0.500. The first kappa shape index (κ1) is 11.8. The Morgan fingerprint density at radius 2 is 1.67 bits per heavy atom. The summed E-state index contributed by atoms with van der Waals surface area (Å²) in [5.74, 6) is 1.19. The van der Waals surface area contributed by atoms with Gasteiger partial charge in [-0.1, -0.05) is 13.8 Å². The lowest BCUT2D eigenvalue weighted by atomic mass is 10.0. The van der Waals surface area contributed by atoms with Crippen LogP contribution in [0.1, 0.15) is 19.4 Å². The molecule has 0 saturated carbocycles. The summed E-state index contributed by atoms with van der Waals surface area (Å²) in [5.41, 5.74) is 0.669. The first-order valence-corrected chi connectivity index (χ1v) is 4.98. The molecule has 0 aliphatic carbocycles. The second kappa shape index (κ2) is 5.01. The van der Waals surface area contributed by atoms with E-state index in [4.69, 9.17) is 9.47 Å². The van der Waals surface area contributed by atoms with Gasteiger partial charge >= 0.3 is 0 Å². The average Bonchev–Trinajstić information content (AvgIpc) is 2.19. The predicted octanol–water partition coefficient (Wildman–Crippen LogP) is 3.04. The Labute approximate surface area is 90.0 Å². The van der Waals surface area contributed by atoms with Gasteiger partial charge < -0.3 is 9.47 Å². The maximum Gasteiger partial charge on any atom is 0.163 e. The van der Waals surface area contributed by atoms with Gasteiger partial charge in [0.2, 0.25) is 0 Å². The van der Waals surface area contributed by atoms with Crippen molar-refractivity contribution in [3.63, 3.8) is 0 Å². The monoisotopic (exact) mass is 211 g/mol. The minimum atomic E-state index is -0.235. The SMILES string of the molecule is COc1cc([18F])c(CC(C)C)cc1OC. The van der Waals surface area contributed by atoms with Crippen molar-refractivity contribution in [2.75, 3.05) is 14.2 Å². The van der Waals surface area contributed by atoms with Gasteiger partial charge in [0.15, 0.2) is 11.5 Å². The summed E-state index contributed by atoms with van der Waals surface area (Å²) in [6.45, 7) is 4.10. The molecule has 0 atom stereocenters. The summed E-state index contributed by atoms with van der Waals surface area (Å²) < 4.78 is 23.7. The van der Waals surface area contributed by atoms with E-state index in [-0.39, 0.29) is 5.82 Å². The number of rotatable bonds is 4. The van der Waals surface area contributed by atoms with E-state index in [1.54, 1.807) is 13.2 Å². The van der Waals surface area contributed by atoms with Crippen LogP contribution >= 0.6 is 0 Å². The first-order valence-electron chi connectivity index (χ1n) is 4.98. The van der Waals surface area contributed by atoms with Crippen molar-refractivity contribution in [1.82, 2.24) is 0 Å². The Bertz CT molecular complexity index is 335. The molecule has 0 saturated heterocycles. The van der Waals surface area contributed by atoms with E-state index in [2.05, 4.69) is 13.8 Å². The van der Waals surface area contributed by atoms with Crippen LogP contribution in [0.15, 0.2) is 12.1 Å². The smallest absolute Gasteiger partial charge is 0.163 e. The summed E-state index contributed by atoms with van der Waals surface area (Å²) in [4.78, 5) is 0. The molecule has 0 amide bonds. The van der Waals surface area contributed by atoms with Gasteiger partial charge in [0.1, 0.15) is 5.82 Å². The lowest BCUT2D eigenvalue weighted by Crippen LogP contribution is -2.00. The zero-order valence-corrected chi connectivity index (χ0v) is 9.63. The van der Waals surface area contributed by atoms with Gasteiger partial charge in [-0.05, 0) is 24.0 Å². The Morgan fingerprint density at radius 3 is 2.13 bits per heavy atom. The minimum Gasteiger partial charge on any atom is -0.493 e. The molecule has 3 heteroatoms. The molecule has 0 fully saturated rings. The maximum absolute atomic E-state index is 13.6. The Morgan fingerprint density at radius 1 is 1.13 bits per heavy atom. The van der Waals surface area contributed by atoms with Gasteiger partial charge in [0.25, 0.3) is 0 Å². The average molecular weight is 211 g/mol. The topological polar surface area (TPSA) is 18.5 Å². The Hall–Kier alpha value is -1.25. The van der Waals surface area contributed by atoms with Gasteiger partial charge in [-0.2, -0.15) is 0 Å². The van der Waals surface area contributed by atoms with Gasteiger partial charge in [0, 0.05) is 6.07 Å². The highest BCUT2D eigenvalue weighted by atomic mass is 18.2. The molecule has 1 rings (SSSR count). The number of methoxy groups -OCH3 is 2. The number of hydrogen-bond donors (Lipinski definition) is 0. The molecule has 0 heterocycles. The van der Waals surface area contributed by atoms with Crippen molar-refractivity contribution in [1.29, 1.82) is 0 Å². The second-order valence-corrected chi connectivity index (χ2v) is 3.90. The molecule has 0 radical (unpaired) electrons. The van der Waals surface area contributed by atoms with Crippen LogP contribution in [-0.2, 0) is 6.42 Å². The molecule has 0 aliphatic heterocycles. The summed E-state index contributed by atoms with van der Waals surface area (Å²) in [5, 5.41) is 0. The molecule has 0 bridgehead atoms. The van der Waals surface area contributed by atoms with Gasteiger partial charge in [0.05, 0.1) is 14.2 Å². The summed E-state index contributed by atoms with van der Waals surface area (Å²) >= 11 is 0. The third-order valence-corrected chi connectivity index (χ3v) is 2.18. The molecule has 0 aliphatic rings. The van der Waals surface area contributed by atoms with Gasteiger partial charge in [-0.3, -0.25) is 0 Å². The molecular formula is C12H17FO2. The number of halogens is 1. The number of ether oxygens (including phenoxy) is 2. The predicted molar refractivity (Wildman–Crippen MR) is 58.0 cm³/mol. The van der Waals surface area contributed by atoms with E-state index in [1.165, 1.54) is 13.2 Å². The summed E-state index contributed by atoms with van der Waals surface area (Å²) in [6, 6.07) is 3.07. The van der Waals surface area contributed by atoms with E-state index in [1.807, 2.05) is 0 Å². The van der Waals surface area contributed by atoms with Crippen LogP contribution < -0.4 is 9.47 Å². The van der Waals surface area contributed by atoms with E-state index < -0.39 is 0 Å². The zero-order valence-electron chi connectivity index (χ0n) is 9.63. The Balaban J connectivity index is 3.08. The first-order chi connectivity index (χ1) is 7.08. The molecule has 1 aromatic rings. The summed E-state index contributed by atoms with van der Waals surface area (Å²) in [7, 11) is 3.05. The van der Waals surface area contributed by atoms with Gasteiger partial charge in [-0.25, -0.2) is 4.39 Å². The molecule has 1 aromatic carbocycles. The van der Waals surface area contributed by atoms with Crippen LogP contribution in [0.5, 0.6) is 11.5 Å². The van der Waals surface area contributed by atoms with Crippen molar-refractivity contribution in [3.8, 4) is 11.5 Å². The van der Waals surface area contributed by atoms with Crippen LogP contribution in [0.2, 0.25) is 0 Å².